The molecule has 23 heavy (non-hydrogen) atoms. The largest absolute Gasteiger partial charge is 0.376 e. The van der Waals surface area contributed by atoms with Crippen molar-refractivity contribution in [2.24, 2.45) is 0 Å². The quantitative estimate of drug-likeness (QED) is 0.847. The van der Waals surface area contributed by atoms with Crippen LogP contribution >= 0.6 is 0 Å². The highest BCUT2D eigenvalue weighted by atomic mass is 16.1. The molecule has 0 aliphatic rings. The van der Waals surface area contributed by atoms with E-state index in [0.717, 1.165) is 17.8 Å². The maximum atomic E-state index is 12.1. The molecule has 2 N–H and O–H groups in total. The molecule has 0 aromatic heterocycles. The smallest absolute Gasteiger partial charge is 0.243 e. The minimum Gasteiger partial charge on any atom is -0.376 e. The Morgan fingerprint density at radius 3 is 2.26 bits per heavy atom. The highest BCUT2D eigenvalue weighted by Crippen LogP contribution is 2.29. The molecule has 0 spiro atoms. The van der Waals surface area contributed by atoms with Crippen LogP contribution in [0.4, 0.5) is 11.4 Å². The third-order valence-corrected chi connectivity index (χ3v) is 3.82. The predicted octanol–water partition coefficient (Wildman–Crippen LogP) is 4.60. The Morgan fingerprint density at radius 1 is 1.00 bits per heavy atom. The fraction of sp³-hybridized carbons (Fsp3) is 0.350. The summed E-state index contributed by atoms with van der Waals surface area (Å²) < 4.78 is 0. The number of nitrogens with one attached hydrogen (secondary N) is 2. The first kappa shape index (κ1) is 17.1. The standard InChI is InChI=1S/C20H26N2O/c1-5-15-10-12-16(13-11-15)22-19(23)14-21-18-9-7-6-8-17(18)20(2,3)4/h6-13,21H,5,14H2,1-4H3,(H,22,23). The molecule has 0 aliphatic carbocycles. The number of carbonyl (C=O) groups excluding carboxylic acids is 1. The maximum Gasteiger partial charge on any atom is 0.243 e. The van der Waals surface area contributed by atoms with Crippen molar-refractivity contribution in [3.8, 4) is 0 Å². The number of anilines is 2. The Bertz CT molecular complexity index is 654. The molecule has 2 aromatic rings. The lowest BCUT2D eigenvalue weighted by atomic mass is 9.86. The number of para-hydroxylation sites is 1. The minimum atomic E-state index is -0.0436. The van der Waals surface area contributed by atoms with Crippen molar-refractivity contribution >= 4 is 17.3 Å². The second-order valence-corrected chi connectivity index (χ2v) is 6.75. The molecule has 0 fully saturated rings. The fourth-order valence-corrected chi connectivity index (χ4v) is 2.50. The number of hydrogen-bond acceptors (Lipinski definition) is 2. The van der Waals surface area contributed by atoms with Crippen LogP contribution < -0.4 is 10.6 Å². The van der Waals surface area contributed by atoms with Crippen molar-refractivity contribution in [1.29, 1.82) is 0 Å². The second kappa shape index (κ2) is 7.32. The van der Waals surface area contributed by atoms with Gasteiger partial charge in [0.05, 0.1) is 6.54 Å². The normalized spacial score (nSPS) is 11.1. The van der Waals surface area contributed by atoms with Gasteiger partial charge in [0.1, 0.15) is 0 Å². The maximum absolute atomic E-state index is 12.1. The monoisotopic (exact) mass is 310 g/mol. The number of hydrogen-bond donors (Lipinski definition) is 2. The molecule has 0 saturated heterocycles. The van der Waals surface area contributed by atoms with Gasteiger partial charge in [0.2, 0.25) is 5.91 Å². The molecule has 3 heteroatoms. The van der Waals surface area contributed by atoms with Crippen LogP contribution in [0, 0.1) is 0 Å². The lowest BCUT2D eigenvalue weighted by Crippen LogP contribution is -2.23. The molecular weight excluding hydrogens is 284 g/mol. The first-order chi connectivity index (χ1) is 10.9. The van der Waals surface area contributed by atoms with Gasteiger partial charge < -0.3 is 10.6 Å². The highest BCUT2D eigenvalue weighted by Gasteiger charge is 2.17. The summed E-state index contributed by atoms with van der Waals surface area (Å²) in [6, 6.07) is 16.1. The summed E-state index contributed by atoms with van der Waals surface area (Å²) in [4.78, 5) is 12.1. The van der Waals surface area contributed by atoms with Crippen molar-refractivity contribution in [2.45, 2.75) is 39.5 Å². The SMILES string of the molecule is CCc1ccc(NC(=O)CNc2ccccc2C(C)(C)C)cc1. The Morgan fingerprint density at radius 2 is 1.65 bits per heavy atom. The lowest BCUT2D eigenvalue weighted by molar-refractivity contribution is -0.114. The fourth-order valence-electron chi connectivity index (χ4n) is 2.50. The second-order valence-electron chi connectivity index (χ2n) is 6.75. The van der Waals surface area contributed by atoms with Gasteiger partial charge in [0.25, 0.3) is 0 Å². The van der Waals surface area contributed by atoms with E-state index in [1.165, 1.54) is 11.1 Å². The van der Waals surface area contributed by atoms with E-state index in [-0.39, 0.29) is 17.9 Å². The van der Waals surface area contributed by atoms with Crippen LogP contribution in [0.1, 0.15) is 38.8 Å². The van der Waals surface area contributed by atoms with E-state index in [9.17, 15) is 4.79 Å². The summed E-state index contributed by atoms with van der Waals surface area (Å²) in [5, 5.41) is 6.17. The van der Waals surface area contributed by atoms with E-state index >= 15 is 0 Å². The van der Waals surface area contributed by atoms with Gasteiger partial charge in [0.15, 0.2) is 0 Å². The van der Waals surface area contributed by atoms with E-state index in [1.54, 1.807) is 0 Å². The first-order valence-electron chi connectivity index (χ1n) is 8.12. The van der Waals surface area contributed by atoms with Crippen LogP contribution in [-0.2, 0) is 16.6 Å². The van der Waals surface area contributed by atoms with Crippen LogP contribution in [-0.4, -0.2) is 12.5 Å². The Hall–Kier alpha value is -2.29. The third-order valence-electron chi connectivity index (χ3n) is 3.82. The van der Waals surface area contributed by atoms with Gasteiger partial charge in [-0.25, -0.2) is 0 Å². The Balaban J connectivity index is 1.97. The molecule has 3 nitrogen and oxygen atoms in total. The third kappa shape index (κ3) is 4.85. The van der Waals surface area contributed by atoms with Crippen molar-refractivity contribution in [3.05, 3.63) is 59.7 Å². The Kier molecular flexibility index (Phi) is 5.43. The van der Waals surface area contributed by atoms with Gasteiger partial charge in [0, 0.05) is 11.4 Å². The van der Waals surface area contributed by atoms with Gasteiger partial charge in [-0.3, -0.25) is 4.79 Å². The molecule has 0 saturated carbocycles. The van der Waals surface area contributed by atoms with Crippen molar-refractivity contribution in [3.63, 3.8) is 0 Å². The van der Waals surface area contributed by atoms with Gasteiger partial charge in [-0.05, 0) is 41.2 Å². The van der Waals surface area contributed by atoms with Gasteiger partial charge >= 0.3 is 0 Å². The molecule has 2 rings (SSSR count). The average Bonchev–Trinajstić information content (AvgIpc) is 2.53. The average molecular weight is 310 g/mol. The van der Waals surface area contributed by atoms with Crippen molar-refractivity contribution in [1.82, 2.24) is 0 Å². The van der Waals surface area contributed by atoms with Crippen molar-refractivity contribution < 1.29 is 4.79 Å². The summed E-state index contributed by atoms with van der Waals surface area (Å²) in [7, 11) is 0. The number of rotatable bonds is 5. The highest BCUT2D eigenvalue weighted by molar-refractivity contribution is 5.93. The summed E-state index contributed by atoms with van der Waals surface area (Å²) in [5.74, 6) is -0.0436. The lowest BCUT2D eigenvalue weighted by Gasteiger charge is -2.23. The molecule has 0 atom stereocenters. The van der Waals surface area contributed by atoms with Crippen molar-refractivity contribution in [2.75, 3.05) is 17.2 Å². The number of amides is 1. The molecule has 0 radical (unpaired) electrons. The van der Waals surface area contributed by atoms with Crippen LogP contribution in [0.2, 0.25) is 0 Å². The summed E-state index contributed by atoms with van der Waals surface area (Å²) >= 11 is 0. The molecule has 0 heterocycles. The number of aryl methyl sites for hydroxylation is 1. The van der Waals surface area contributed by atoms with Gasteiger partial charge in [-0.15, -0.1) is 0 Å². The predicted molar refractivity (Wildman–Crippen MR) is 98.1 cm³/mol. The van der Waals surface area contributed by atoms with E-state index in [1.807, 2.05) is 42.5 Å². The number of carbonyl (C=O) groups is 1. The molecule has 2 aromatic carbocycles. The Labute approximate surface area is 139 Å². The van der Waals surface area contributed by atoms with Crippen LogP contribution in [0.3, 0.4) is 0 Å². The van der Waals surface area contributed by atoms with Crippen LogP contribution in [0.5, 0.6) is 0 Å². The molecule has 0 unspecified atom stereocenters. The summed E-state index contributed by atoms with van der Waals surface area (Å²) in [5.41, 5.74) is 4.35. The summed E-state index contributed by atoms with van der Waals surface area (Å²) in [6.45, 7) is 8.88. The zero-order valence-corrected chi connectivity index (χ0v) is 14.4. The van der Waals surface area contributed by atoms with E-state index in [4.69, 9.17) is 0 Å². The first-order valence-corrected chi connectivity index (χ1v) is 8.12. The molecular formula is C20H26N2O. The van der Waals surface area contributed by atoms with Crippen LogP contribution in [0.15, 0.2) is 48.5 Å². The van der Waals surface area contributed by atoms with Gasteiger partial charge in [-0.1, -0.05) is 58.0 Å². The molecule has 0 aliphatic heterocycles. The van der Waals surface area contributed by atoms with E-state index in [0.29, 0.717) is 0 Å². The topological polar surface area (TPSA) is 41.1 Å². The minimum absolute atomic E-state index is 0.0378. The zero-order chi connectivity index (χ0) is 16.9. The van der Waals surface area contributed by atoms with Crippen LogP contribution in [0.25, 0.3) is 0 Å². The van der Waals surface area contributed by atoms with E-state index in [2.05, 4.69) is 44.4 Å². The van der Waals surface area contributed by atoms with E-state index < -0.39 is 0 Å². The number of benzene rings is 2. The zero-order valence-electron chi connectivity index (χ0n) is 14.4. The summed E-state index contributed by atoms with van der Waals surface area (Å²) in [6.07, 6.45) is 0.999. The molecule has 122 valence electrons. The molecule has 0 bridgehead atoms. The van der Waals surface area contributed by atoms with Gasteiger partial charge in [-0.2, -0.15) is 0 Å². The molecule has 1 amide bonds.